The number of carbonyl (C=O) groups excluding carboxylic acids is 1. The first-order chi connectivity index (χ1) is 8.49. The van der Waals surface area contributed by atoms with E-state index in [9.17, 15) is 9.18 Å². The van der Waals surface area contributed by atoms with Crippen LogP contribution in [0.1, 0.15) is 17.5 Å². The number of aryl methyl sites for hydroxylation is 2. The predicted molar refractivity (Wildman–Crippen MR) is 70.4 cm³/mol. The zero-order valence-corrected chi connectivity index (χ0v) is 11.2. The Hall–Kier alpha value is -1.58. The lowest BCUT2D eigenvalue weighted by Crippen LogP contribution is -2.39. The molecule has 4 heteroatoms. The molecule has 1 heterocycles. The van der Waals surface area contributed by atoms with Crippen LogP contribution in [0.5, 0.6) is 0 Å². The van der Waals surface area contributed by atoms with Crippen molar-refractivity contribution in [2.24, 2.45) is 0 Å². The van der Waals surface area contributed by atoms with Crippen LogP contribution in [0.4, 0.5) is 10.1 Å². The maximum atomic E-state index is 14.1. The van der Waals surface area contributed by atoms with E-state index < -0.39 is 0 Å². The summed E-state index contributed by atoms with van der Waals surface area (Å²) in [6.45, 7) is 2.89. The molecule has 1 aromatic carbocycles. The summed E-state index contributed by atoms with van der Waals surface area (Å²) in [6, 6.07) is 3.56. The first-order valence-corrected chi connectivity index (χ1v) is 6.23. The van der Waals surface area contributed by atoms with E-state index in [1.165, 1.54) is 6.07 Å². The number of carbonyl (C=O) groups is 1. The molecule has 0 unspecified atom stereocenters. The van der Waals surface area contributed by atoms with E-state index in [0.717, 1.165) is 30.5 Å². The van der Waals surface area contributed by atoms with Gasteiger partial charge in [-0.2, -0.15) is 0 Å². The average molecular weight is 250 g/mol. The molecule has 0 aliphatic carbocycles. The summed E-state index contributed by atoms with van der Waals surface area (Å²) >= 11 is 0. The molecule has 2 rings (SSSR count). The SMILES string of the molecule is Cc1cc(F)c2c(c1)CCCN2CC(=O)N(C)C. The lowest BCUT2D eigenvalue weighted by Gasteiger charge is -2.32. The Morgan fingerprint density at radius 2 is 2.17 bits per heavy atom. The lowest BCUT2D eigenvalue weighted by atomic mass is 9.99. The normalized spacial score (nSPS) is 14.3. The number of likely N-dealkylation sites (N-methyl/N-ethyl adjacent to an activating group) is 1. The maximum absolute atomic E-state index is 14.1. The van der Waals surface area contributed by atoms with Crippen molar-refractivity contribution in [3.8, 4) is 0 Å². The molecule has 0 spiro atoms. The molecule has 0 fully saturated rings. The van der Waals surface area contributed by atoms with Crippen LogP contribution in [0.25, 0.3) is 0 Å². The summed E-state index contributed by atoms with van der Waals surface area (Å²) in [5, 5.41) is 0. The molecule has 0 radical (unpaired) electrons. The van der Waals surface area contributed by atoms with Crippen LogP contribution in [-0.4, -0.2) is 38.0 Å². The first kappa shape index (κ1) is 12.9. The van der Waals surface area contributed by atoms with Crippen molar-refractivity contribution >= 4 is 11.6 Å². The van der Waals surface area contributed by atoms with Gasteiger partial charge in [0.05, 0.1) is 12.2 Å². The highest BCUT2D eigenvalue weighted by Gasteiger charge is 2.23. The van der Waals surface area contributed by atoms with Crippen LogP contribution in [0.15, 0.2) is 12.1 Å². The van der Waals surface area contributed by atoms with Crippen molar-refractivity contribution in [3.63, 3.8) is 0 Å². The third kappa shape index (κ3) is 2.47. The van der Waals surface area contributed by atoms with Gasteiger partial charge in [-0.3, -0.25) is 4.79 Å². The quantitative estimate of drug-likeness (QED) is 0.801. The second-order valence-corrected chi connectivity index (χ2v) is 5.07. The minimum Gasteiger partial charge on any atom is -0.360 e. The molecule has 98 valence electrons. The number of anilines is 1. The number of benzene rings is 1. The molecule has 3 nitrogen and oxygen atoms in total. The molecule has 0 bridgehead atoms. The number of halogens is 1. The van der Waals surface area contributed by atoms with Crippen molar-refractivity contribution in [1.82, 2.24) is 4.90 Å². The van der Waals surface area contributed by atoms with Gasteiger partial charge in [-0.15, -0.1) is 0 Å². The van der Waals surface area contributed by atoms with E-state index in [2.05, 4.69) is 0 Å². The smallest absolute Gasteiger partial charge is 0.241 e. The molecule has 0 atom stereocenters. The largest absolute Gasteiger partial charge is 0.360 e. The fourth-order valence-corrected chi connectivity index (χ4v) is 2.39. The third-order valence-electron chi connectivity index (χ3n) is 3.30. The lowest BCUT2D eigenvalue weighted by molar-refractivity contribution is -0.127. The van der Waals surface area contributed by atoms with Gasteiger partial charge < -0.3 is 9.80 Å². The van der Waals surface area contributed by atoms with Crippen molar-refractivity contribution in [2.75, 3.05) is 32.1 Å². The molecular formula is C14H19FN2O. The molecule has 18 heavy (non-hydrogen) atoms. The van der Waals surface area contributed by atoms with E-state index in [-0.39, 0.29) is 18.3 Å². The molecule has 1 amide bonds. The number of amides is 1. The summed E-state index contributed by atoms with van der Waals surface area (Å²) in [6.07, 6.45) is 1.86. The van der Waals surface area contributed by atoms with Gasteiger partial charge in [0.25, 0.3) is 0 Å². The van der Waals surface area contributed by atoms with Gasteiger partial charge in [-0.05, 0) is 37.0 Å². The van der Waals surface area contributed by atoms with Crippen molar-refractivity contribution in [3.05, 3.63) is 29.1 Å². The Morgan fingerprint density at radius 1 is 1.44 bits per heavy atom. The molecule has 1 aliphatic heterocycles. The van der Waals surface area contributed by atoms with Crippen LogP contribution >= 0.6 is 0 Å². The van der Waals surface area contributed by atoms with Gasteiger partial charge in [0.15, 0.2) is 0 Å². The van der Waals surface area contributed by atoms with Gasteiger partial charge in [0.2, 0.25) is 5.91 Å². The fourth-order valence-electron chi connectivity index (χ4n) is 2.39. The Balaban J connectivity index is 2.30. The topological polar surface area (TPSA) is 23.6 Å². The van der Waals surface area contributed by atoms with E-state index in [0.29, 0.717) is 5.69 Å². The van der Waals surface area contributed by atoms with Gasteiger partial charge in [-0.1, -0.05) is 6.07 Å². The Morgan fingerprint density at radius 3 is 2.83 bits per heavy atom. The highest BCUT2D eigenvalue weighted by Crippen LogP contribution is 2.30. The van der Waals surface area contributed by atoms with Crippen LogP contribution in [-0.2, 0) is 11.2 Å². The summed E-state index contributed by atoms with van der Waals surface area (Å²) in [5.74, 6) is -0.209. The van der Waals surface area contributed by atoms with E-state index in [1.54, 1.807) is 19.0 Å². The maximum Gasteiger partial charge on any atom is 0.241 e. The first-order valence-electron chi connectivity index (χ1n) is 6.23. The van der Waals surface area contributed by atoms with Gasteiger partial charge >= 0.3 is 0 Å². The number of nitrogens with zero attached hydrogens (tertiary/aromatic N) is 2. The molecular weight excluding hydrogens is 231 g/mol. The van der Waals surface area contributed by atoms with Crippen LogP contribution in [0.3, 0.4) is 0 Å². The van der Waals surface area contributed by atoms with Crippen molar-refractivity contribution < 1.29 is 9.18 Å². The monoisotopic (exact) mass is 250 g/mol. The zero-order chi connectivity index (χ0) is 13.3. The number of hydrogen-bond acceptors (Lipinski definition) is 2. The van der Waals surface area contributed by atoms with Crippen LogP contribution in [0, 0.1) is 12.7 Å². The third-order valence-corrected chi connectivity index (χ3v) is 3.30. The van der Waals surface area contributed by atoms with Crippen LogP contribution < -0.4 is 4.90 Å². The predicted octanol–water partition coefficient (Wildman–Crippen LogP) is 1.97. The standard InChI is InChI=1S/C14H19FN2O/c1-10-7-11-5-4-6-17(9-13(18)16(2)3)14(11)12(15)8-10/h7-8H,4-6,9H2,1-3H3. The number of hydrogen-bond donors (Lipinski definition) is 0. The highest BCUT2D eigenvalue weighted by molar-refractivity contribution is 5.81. The second-order valence-electron chi connectivity index (χ2n) is 5.07. The molecule has 1 aliphatic rings. The van der Waals surface area contributed by atoms with Crippen molar-refractivity contribution in [2.45, 2.75) is 19.8 Å². The summed E-state index contributed by atoms with van der Waals surface area (Å²) in [4.78, 5) is 15.2. The summed E-state index contributed by atoms with van der Waals surface area (Å²) in [7, 11) is 3.44. The van der Waals surface area contributed by atoms with E-state index >= 15 is 0 Å². The van der Waals surface area contributed by atoms with Gasteiger partial charge in [-0.25, -0.2) is 4.39 Å². The van der Waals surface area contributed by atoms with Crippen LogP contribution in [0.2, 0.25) is 0 Å². The van der Waals surface area contributed by atoms with Gasteiger partial charge in [0.1, 0.15) is 5.82 Å². The second kappa shape index (κ2) is 4.96. The summed E-state index contributed by atoms with van der Waals surface area (Å²) in [5.41, 5.74) is 2.57. The Labute approximate surface area is 107 Å². The Kier molecular flexibility index (Phi) is 3.55. The summed E-state index contributed by atoms with van der Waals surface area (Å²) < 4.78 is 14.1. The minimum absolute atomic E-state index is 0.00262. The molecule has 0 saturated carbocycles. The fraction of sp³-hybridized carbons (Fsp3) is 0.500. The Bertz CT molecular complexity index is 471. The average Bonchev–Trinajstić information content (AvgIpc) is 2.27. The number of fused-ring (bicyclic) bond motifs is 1. The molecule has 0 saturated heterocycles. The molecule has 1 aromatic rings. The highest BCUT2D eigenvalue weighted by atomic mass is 19.1. The molecule has 0 N–H and O–H groups in total. The molecule has 0 aromatic heterocycles. The zero-order valence-electron chi connectivity index (χ0n) is 11.2. The van der Waals surface area contributed by atoms with E-state index in [1.807, 2.05) is 17.9 Å². The van der Waals surface area contributed by atoms with Gasteiger partial charge in [0, 0.05) is 20.6 Å². The van der Waals surface area contributed by atoms with E-state index in [4.69, 9.17) is 0 Å². The minimum atomic E-state index is -0.212. The van der Waals surface area contributed by atoms with Crippen molar-refractivity contribution in [1.29, 1.82) is 0 Å². The number of rotatable bonds is 2.